The van der Waals surface area contributed by atoms with Gasteiger partial charge in [-0.25, -0.2) is 8.42 Å². The smallest absolute Gasteiger partial charge is 0.246 e. The van der Waals surface area contributed by atoms with Crippen molar-refractivity contribution < 1.29 is 18.3 Å². The molecule has 1 atom stereocenters. The third-order valence-corrected chi connectivity index (χ3v) is 10.1. The predicted octanol–water partition coefficient (Wildman–Crippen LogP) is 6.80. The van der Waals surface area contributed by atoms with Gasteiger partial charge in [0.05, 0.1) is 23.2 Å². The van der Waals surface area contributed by atoms with E-state index >= 15 is 0 Å². The Kier molecular flexibility index (Phi) is 8.41. The van der Waals surface area contributed by atoms with Crippen molar-refractivity contribution in [1.82, 2.24) is 4.31 Å². The maximum atomic E-state index is 14.6. The van der Waals surface area contributed by atoms with Crippen LogP contribution in [0.4, 0.5) is 11.4 Å². The molecule has 0 saturated carbocycles. The molecule has 0 spiro atoms. The molecule has 0 fully saturated rings. The molecule has 37 heavy (non-hydrogen) atoms. The van der Waals surface area contributed by atoms with Crippen LogP contribution in [-0.2, 0) is 16.6 Å². The van der Waals surface area contributed by atoms with Crippen molar-refractivity contribution in [3.63, 3.8) is 0 Å². The van der Waals surface area contributed by atoms with Crippen molar-refractivity contribution in [3.05, 3.63) is 72.3 Å². The highest BCUT2D eigenvalue weighted by Crippen LogP contribution is 2.47. The van der Waals surface area contributed by atoms with Crippen molar-refractivity contribution in [2.45, 2.75) is 61.4 Å². The molecule has 6 nitrogen and oxygen atoms in total. The van der Waals surface area contributed by atoms with Crippen LogP contribution in [0.15, 0.2) is 76.5 Å². The normalized spacial score (nSPS) is 19.3. The average Bonchev–Trinajstić information content (AvgIpc) is 3.00. The second kappa shape index (κ2) is 11.4. The van der Waals surface area contributed by atoms with E-state index in [0.717, 1.165) is 36.3 Å². The van der Waals surface area contributed by atoms with Crippen molar-refractivity contribution in [2.75, 3.05) is 24.8 Å². The topological polar surface area (TPSA) is 70.1 Å². The second-order valence-electron chi connectivity index (χ2n) is 9.45. The molecule has 0 radical (unpaired) electrons. The number of thioether (sulfide) groups is 1. The lowest BCUT2D eigenvalue weighted by atomic mass is 9.88. The van der Waals surface area contributed by atoms with Gasteiger partial charge < -0.3 is 14.7 Å². The van der Waals surface area contributed by atoms with Gasteiger partial charge in [0.2, 0.25) is 10.0 Å². The highest BCUT2D eigenvalue weighted by Gasteiger charge is 2.48. The molecule has 0 bridgehead atoms. The summed E-state index contributed by atoms with van der Waals surface area (Å²) in [6.07, 6.45) is 5.14. The summed E-state index contributed by atoms with van der Waals surface area (Å²) in [6.45, 7) is 4.95. The lowest BCUT2D eigenvalue weighted by Gasteiger charge is -2.43. The number of sulfonamides is 1. The maximum absolute atomic E-state index is 14.6. The molecule has 4 rings (SSSR count). The van der Waals surface area contributed by atoms with Crippen LogP contribution >= 0.6 is 11.8 Å². The number of phenolic OH excluding ortho intramolecular Hbond substituents is 1. The van der Waals surface area contributed by atoms with Gasteiger partial charge in [-0.1, -0.05) is 57.0 Å². The minimum Gasteiger partial charge on any atom is -0.507 e. The van der Waals surface area contributed by atoms with E-state index in [0.29, 0.717) is 23.5 Å². The Hall–Kier alpha value is -2.68. The molecular formula is C29H36N2O4S2. The average molecular weight is 541 g/mol. The zero-order chi connectivity index (χ0) is 26.6. The van der Waals surface area contributed by atoms with Gasteiger partial charge in [0.15, 0.2) is 0 Å². The second-order valence-corrected chi connectivity index (χ2v) is 12.1. The number of methoxy groups -OCH3 is 1. The predicted molar refractivity (Wildman–Crippen MR) is 152 cm³/mol. The Morgan fingerprint density at radius 1 is 1.05 bits per heavy atom. The number of para-hydroxylation sites is 1. The van der Waals surface area contributed by atoms with Gasteiger partial charge in [0.1, 0.15) is 16.4 Å². The number of ether oxygens (including phenoxy) is 1. The number of anilines is 2. The minimum atomic E-state index is -3.98. The number of unbranched alkanes of at least 4 members (excludes halogenated alkanes) is 1. The van der Waals surface area contributed by atoms with Crippen LogP contribution in [-0.4, -0.2) is 43.3 Å². The van der Waals surface area contributed by atoms with Gasteiger partial charge in [-0.2, -0.15) is 4.31 Å². The molecule has 1 unspecified atom stereocenters. The highest BCUT2D eigenvalue weighted by molar-refractivity contribution is 7.98. The number of nitrogens with zero attached hydrogens (tertiary/aromatic N) is 2. The molecule has 198 valence electrons. The largest absolute Gasteiger partial charge is 0.507 e. The Labute approximate surface area is 225 Å². The number of aromatic hydroxyl groups is 1. The summed E-state index contributed by atoms with van der Waals surface area (Å²) in [5, 5.41) is 10.8. The van der Waals surface area contributed by atoms with E-state index in [-0.39, 0.29) is 17.2 Å². The number of rotatable bonds is 9. The van der Waals surface area contributed by atoms with Crippen molar-refractivity contribution in [1.29, 1.82) is 0 Å². The summed E-state index contributed by atoms with van der Waals surface area (Å²) in [5.74, 6) is 0.704. The molecule has 1 heterocycles. The van der Waals surface area contributed by atoms with E-state index in [4.69, 9.17) is 4.74 Å². The number of fused-ring (bicyclic) bond motifs is 1. The quantitative estimate of drug-likeness (QED) is 0.301. The number of phenols is 1. The van der Waals surface area contributed by atoms with E-state index < -0.39 is 15.6 Å². The van der Waals surface area contributed by atoms with E-state index in [9.17, 15) is 13.5 Å². The first-order valence-corrected chi connectivity index (χ1v) is 15.4. The van der Waals surface area contributed by atoms with Crippen LogP contribution in [0.1, 0.15) is 45.1 Å². The van der Waals surface area contributed by atoms with Gasteiger partial charge in [-0.05, 0) is 55.0 Å². The maximum Gasteiger partial charge on any atom is 0.246 e. The van der Waals surface area contributed by atoms with Crippen LogP contribution in [0.25, 0.3) is 0 Å². The molecule has 1 N–H and O–H groups in total. The molecule has 1 aliphatic rings. The lowest BCUT2D eigenvalue weighted by Crippen LogP contribution is -2.54. The Bertz CT molecular complexity index is 1310. The Balaban J connectivity index is 1.97. The molecular weight excluding hydrogens is 504 g/mol. The van der Waals surface area contributed by atoms with Crippen LogP contribution in [0.3, 0.4) is 0 Å². The van der Waals surface area contributed by atoms with Gasteiger partial charge in [0, 0.05) is 24.8 Å². The molecule has 0 aliphatic carbocycles. The van der Waals surface area contributed by atoms with Gasteiger partial charge in [-0.15, -0.1) is 11.8 Å². The Morgan fingerprint density at radius 2 is 1.76 bits per heavy atom. The van der Waals surface area contributed by atoms with E-state index in [2.05, 4.69) is 18.7 Å². The molecule has 0 amide bonds. The van der Waals surface area contributed by atoms with E-state index in [1.54, 1.807) is 11.4 Å². The molecule has 0 aromatic heterocycles. The summed E-state index contributed by atoms with van der Waals surface area (Å²) in [4.78, 5) is 2.90. The third kappa shape index (κ3) is 5.33. The first kappa shape index (κ1) is 27.4. The Morgan fingerprint density at radius 3 is 2.35 bits per heavy atom. The van der Waals surface area contributed by atoms with Gasteiger partial charge in [-0.3, -0.25) is 0 Å². The SMILES string of the molecule is CCCCC1(CC)CN(c2ccccc2)c2cc(SC)c(O)cc2S(=O)(=O)N1Cc1ccc(OC)cc1. The molecule has 3 aromatic carbocycles. The highest BCUT2D eigenvalue weighted by atomic mass is 32.2. The number of hydrogen-bond acceptors (Lipinski definition) is 6. The zero-order valence-electron chi connectivity index (χ0n) is 22.0. The molecule has 0 saturated heterocycles. The summed E-state index contributed by atoms with van der Waals surface area (Å²) >= 11 is 1.40. The summed E-state index contributed by atoms with van der Waals surface area (Å²) in [7, 11) is -2.36. The molecule has 8 heteroatoms. The zero-order valence-corrected chi connectivity index (χ0v) is 23.6. The summed E-state index contributed by atoms with van der Waals surface area (Å²) in [6, 6.07) is 20.7. The first-order chi connectivity index (χ1) is 17.8. The first-order valence-electron chi connectivity index (χ1n) is 12.7. The fraction of sp³-hybridized carbons (Fsp3) is 0.379. The fourth-order valence-electron chi connectivity index (χ4n) is 5.11. The minimum absolute atomic E-state index is 0.0233. The lowest BCUT2D eigenvalue weighted by molar-refractivity contribution is 0.163. The van der Waals surface area contributed by atoms with Crippen molar-refractivity contribution in [2.24, 2.45) is 0 Å². The summed E-state index contributed by atoms with van der Waals surface area (Å²) < 4.78 is 36.2. The number of benzene rings is 3. The van der Waals surface area contributed by atoms with Gasteiger partial charge in [0.25, 0.3) is 0 Å². The van der Waals surface area contributed by atoms with Crippen LogP contribution in [0.2, 0.25) is 0 Å². The van der Waals surface area contributed by atoms with E-state index in [1.165, 1.54) is 17.8 Å². The standard InChI is InChI=1S/C29H36N2O4S2/c1-5-7-17-29(6-2)21-30(23-11-9-8-10-12-23)25-18-27(36-4)26(32)19-28(25)37(33,34)31(29)20-22-13-15-24(35-3)16-14-22/h8-16,18-19,32H,5-7,17,20-21H2,1-4H3. The van der Waals surface area contributed by atoms with Gasteiger partial charge >= 0.3 is 0 Å². The number of hydrogen-bond donors (Lipinski definition) is 1. The third-order valence-electron chi connectivity index (χ3n) is 7.31. The molecule has 1 aliphatic heterocycles. The monoisotopic (exact) mass is 540 g/mol. The fourth-order valence-corrected chi connectivity index (χ4v) is 7.65. The van der Waals surface area contributed by atoms with Crippen LogP contribution in [0, 0.1) is 0 Å². The van der Waals surface area contributed by atoms with Crippen molar-refractivity contribution >= 4 is 33.2 Å². The molecule has 3 aromatic rings. The summed E-state index contributed by atoms with van der Waals surface area (Å²) in [5.41, 5.74) is 1.76. The van der Waals surface area contributed by atoms with Crippen LogP contribution < -0.4 is 9.64 Å². The van der Waals surface area contributed by atoms with Crippen LogP contribution in [0.5, 0.6) is 11.5 Å². The van der Waals surface area contributed by atoms with E-state index in [1.807, 2.05) is 66.9 Å². The van der Waals surface area contributed by atoms with Crippen molar-refractivity contribution in [3.8, 4) is 11.5 Å².